The lowest BCUT2D eigenvalue weighted by molar-refractivity contribution is -0.133. The Morgan fingerprint density at radius 1 is 1.03 bits per heavy atom. The molecular weight excluding hydrogens is 371 g/mol. The normalized spacial score (nSPS) is 17.4. The van der Waals surface area contributed by atoms with Gasteiger partial charge in [0.25, 0.3) is 0 Å². The van der Waals surface area contributed by atoms with Gasteiger partial charge in [0.2, 0.25) is 12.7 Å². The molecule has 5 nitrogen and oxygen atoms in total. The third-order valence-corrected chi connectivity index (χ3v) is 5.82. The summed E-state index contributed by atoms with van der Waals surface area (Å²) < 4.78 is 24.0. The summed E-state index contributed by atoms with van der Waals surface area (Å²) in [5.74, 6) is 1.69. The number of hydrogen-bond acceptors (Lipinski definition) is 4. The van der Waals surface area contributed by atoms with Gasteiger partial charge in [-0.25, -0.2) is 4.39 Å². The van der Waals surface area contributed by atoms with Crippen molar-refractivity contribution in [1.29, 1.82) is 0 Å². The van der Waals surface area contributed by atoms with Gasteiger partial charge < -0.3 is 14.4 Å². The van der Waals surface area contributed by atoms with Crippen LogP contribution in [0.25, 0.3) is 0 Å². The summed E-state index contributed by atoms with van der Waals surface area (Å²) in [7, 11) is 0. The van der Waals surface area contributed by atoms with Crippen LogP contribution in [0, 0.1) is 5.82 Å². The molecule has 4 rings (SSSR count). The van der Waals surface area contributed by atoms with Crippen LogP contribution in [0.2, 0.25) is 0 Å². The number of fused-ring (bicyclic) bond motifs is 1. The van der Waals surface area contributed by atoms with Gasteiger partial charge in [0, 0.05) is 39.1 Å². The standard InChI is InChI=1S/C23H27FN2O3/c1-2-18(19-4-6-20(24)7-5-19)14-23(27)26-11-9-25(10-12-26)15-17-3-8-21-22(13-17)29-16-28-21/h3-8,13,18H,2,9-12,14-16H2,1H3. The zero-order valence-electron chi connectivity index (χ0n) is 16.8. The first-order valence-corrected chi connectivity index (χ1v) is 10.3. The third-order valence-electron chi connectivity index (χ3n) is 5.82. The van der Waals surface area contributed by atoms with Crippen molar-refractivity contribution in [2.24, 2.45) is 0 Å². The van der Waals surface area contributed by atoms with Crippen LogP contribution < -0.4 is 9.47 Å². The van der Waals surface area contributed by atoms with Crippen LogP contribution in [0.15, 0.2) is 42.5 Å². The molecule has 6 heteroatoms. The average molecular weight is 398 g/mol. The first-order valence-electron chi connectivity index (χ1n) is 10.3. The molecule has 1 unspecified atom stereocenters. The van der Waals surface area contributed by atoms with Crippen molar-refractivity contribution >= 4 is 5.91 Å². The first kappa shape index (κ1) is 19.7. The number of ether oxygens (including phenoxy) is 2. The van der Waals surface area contributed by atoms with E-state index in [9.17, 15) is 9.18 Å². The number of carbonyl (C=O) groups is 1. The fourth-order valence-corrected chi connectivity index (χ4v) is 4.03. The Kier molecular flexibility index (Phi) is 6.00. The van der Waals surface area contributed by atoms with Crippen molar-refractivity contribution in [2.45, 2.75) is 32.2 Å². The molecule has 2 aromatic carbocycles. The van der Waals surface area contributed by atoms with E-state index < -0.39 is 0 Å². The average Bonchev–Trinajstić information content (AvgIpc) is 3.21. The smallest absolute Gasteiger partial charge is 0.231 e. The Balaban J connectivity index is 1.28. The van der Waals surface area contributed by atoms with Crippen molar-refractivity contribution in [3.8, 4) is 11.5 Å². The van der Waals surface area contributed by atoms with Crippen LogP contribution in [-0.4, -0.2) is 48.7 Å². The number of rotatable bonds is 6. The topological polar surface area (TPSA) is 42.0 Å². The molecule has 0 N–H and O–H groups in total. The summed E-state index contributed by atoms with van der Waals surface area (Å²) in [4.78, 5) is 17.1. The summed E-state index contributed by atoms with van der Waals surface area (Å²) in [6.45, 7) is 6.39. The van der Waals surface area contributed by atoms with Gasteiger partial charge in [-0.2, -0.15) is 0 Å². The van der Waals surface area contributed by atoms with E-state index in [1.165, 1.54) is 17.7 Å². The van der Waals surface area contributed by atoms with Crippen molar-refractivity contribution in [3.05, 3.63) is 59.4 Å². The van der Waals surface area contributed by atoms with Crippen LogP contribution in [0.5, 0.6) is 11.5 Å². The predicted octanol–water partition coefficient (Wildman–Crippen LogP) is 3.78. The van der Waals surface area contributed by atoms with Gasteiger partial charge in [-0.05, 0) is 47.7 Å². The quantitative estimate of drug-likeness (QED) is 0.743. The molecule has 2 aliphatic rings. The van der Waals surface area contributed by atoms with E-state index in [-0.39, 0.29) is 24.4 Å². The zero-order valence-corrected chi connectivity index (χ0v) is 16.8. The number of amides is 1. The second-order valence-electron chi connectivity index (χ2n) is 7.71. The number of halogens is 1. The van der Waals surface area contributed by atoms with E-state index in [2.05, 4.69) is 17.9 Å². The fraction of sp³-hybridized carbons (Fsp3) is 0.435. The molecule has 0 saturated carbocycles. The molecule has 29 heavy (non-hydrogen) atoms. The van der Waals surface area contributed by atoms with Crippen LogP contribution in [0.1, 0.15) is 36.8 Å². The predicted molar refractivity (Wildman–Crippen MR) is 108 cm³/mol. The molecule has 1 amide bonds. The molecule has 0 bridgehead atoms. The van der Waals surface area contributed by atoms with Gasteiger partial charge in [0.05, 0.1) is 0 Å². The Bertz CT molecular complexity index is 848. The SMILES string of the molecule is CCC(CC(=O)N1CCN(Cc2ccc3c(c2)OCO3)CC1)c1ccc(F)cc1. The summed E-state index contributed by atoms with van der Waals surface area (Å²) >= 11 is 0. The highest BCUT2D eigenvalue weighted by Gasteiger charge is 2.24. The molecule has 0 radical (unpaired) electrons. The van der Waals surface area contributed by atoms with E-state index in [1.807, 2.05) is 17.0 Å². The van der Waals surface area contributed by atoms with Gasteiger partial charge in [-0.1, -0.05) is 25.1 Å². The highest BCUT2D eigenvalue weighted by atomic mass is 19.1. The van der Waals surface area contributed by atoms with E-state index in [0.717, 1.165) is 56.2 Å². The zero-order chi connectivity index (χ0) is 20.2. The van der Waals surface area contributed by atoms with Crippen molar-refractivity contribution in [3.63, 3.8) is 0 Å². The van der Waals surface area contributed by atoms with Crippen LogP contribution in [0.4, 0.5) is 4.39 Å². The second-order valence-corrected chi connectivity index (χ2v) is 7.71. The van der Waals surface area contributed by atoms with Crippen molar-refractivity contribution in [1.82, 2.24) is 9.80 Å². The second kappa shape index (κ2) is 8.82. The monoisotopic (exact) mass is 398 g/mol. The molecule has 1 fully saturated rings. The van der Waals surface area contributed by atoms with Gasteiger partial charge >= 0.3 is 0 Å². The molecular formula is C23H27FN2O3. The number of piperazine rings is 1. The van der Waals surface area contributed by atoms with E-state index >= 15 is 0 Å². The molecule has 0 spiro atoms. The minimum absolute atomic E-state index is 0.134. The molecule has 2 aromatic rings. The number of carbonyl (C=O) groups excluding carboxylic acids is 1. The number of benzene rings is 2. The van der Waals surface area contributed by atoms with E-state index in [4.69, 9.17) is 9.47 Å². The Labute approximate surface area is 171 Å². The lowest BCUT2D eigenvalue weighted by Crippen LogP contribution is -2.48. The molecule has 0 aromatic heterocycles. The summed E-state index contributed by atoms with van der Waals surface area (Å²) in [5.41, 5.74) is 2.22. The maximum absolute atomic E-state index is 13.2. The minimum atomic E-state index is -0.242. The van der Waals surface area contributed by atoms with Crippen molar-refractivity contribution < 1.29 is 18.7 Å². The minimum Gasteiger partial charge on any atom is -0.454 e. The molecule has 1 atom stereocenters. The molecule has 154 valence electrons. The molecule has 2 aliphatic heterocycles. The molecule has 0 aliphatic carbocycles. The van der Waals surface area contributed by atoms with Crippen LogP contribution in [-0.2, 0) is 11.3 Å². The van der Waals surface area contributed by atoms with Crippen molar-refractivity contribution in [2.75, 3.05) is 33.0 Å². The van der Waals surface area contributed by atoms with Gasteiger partial charge in [0.15, 0.2) is 11.5 Å². The Morgan fingerprint density at radius 2 is 1.76 bits per heavy atom. The number of hydrogen-bond donors (Lipinski definition) is 0. The summed E-state index contributed by atoms with van der Waals surface area (Å²) in [5, 5.41) is 0. The largest absolute Gasteiger partial charge is 0.454 e. The maximum atomic E-state index is 13.2. The maximum Gasteiger partial charge on any atom is 0.231 e. The first-order chi connectivity index (χ1) is 14.1. The Hall–Kier alpha value is -2.60. The Morgan fingerprint density at radius 3 is 2.48 bits per heavy atom. The molecule has 1 saturated heterocycles. The summed E-state index contributed by atoms with van der Waals surface area (Å²) in [6.07, 6.45) is 1.34. The van der Waals surface area contributed by atoms with E-state index in [0.29, 0.717) is 6.42 Å². The van der Waals surface area contributed by atoms with Crippen LogP contribution in [0.3, 0.4) is 0 Å². The van der Waals surface area contributed by atoms with Gasteiger partial charge in [0.1, 0.15) is 5.82 Å². The van der Waals surface area contributed by atoms with Gasteiger partial charge in [-0.3, -0.25) is 9.69 Å². The van der Waals surface area contributed by atoms with Crippen LogP contribution >= 0.6 is 0 Å². The highest BCUT2D eigenvalue weighted by Crippen LogP contribution is 2.33. The van der Waals surface area contributed by atoms with E-state index in [1.54, 1.807) is 12.1 Å². The summed E-state index contributed by atoms with van der Waals surface area (Å²) in [6, 6.07) is 12.6. The third kappa shape index (κ3) is 4.70. The number of nitrogens with zero attached hydrogens (tertiary/aromatic N) is 2. The lowest BCUT2D eigenvalue weighted by atomic mass is 9.92. The fourth-order valence-electron chi connectivity index (χ4n) is 4.03. The molecule has 2 heterocycles. The van der Waals surface area contributed by atoms with Gasteiger partial charge in [-0.15, -0.1) is 0 Å². The highest BCUT2D eigenvalue weighted by molar-refractivity contribution is 5.77. The lowest BCUT2D eigenvalue weighted by Gasteiger charge is -2.35.